The molecule has 0 amide bonds. The Bertz CT molecular complexity index is 347. The van der Waals surface area contributed by atoms with Crippen LogP contribution in [0.5, 0.6) is 0 Å². The lowest BCUT2D eigenvalue weighted by atomic mass is 9.87. The van der Waals surface area contributed by atoms with Crippen molar-refractivity contribution in [3.63, 3.8) is 0 Å². The molecule has 3 nitrogen and oxygen atoms in total. The van der Waals surface area contributed by atoms with Crippen molar-refractivity contribution < 1.29 is 0 Å². The molecule has 2 fully saturated rings. The Morgan fingerprint density at radius 3 is 2.89 bits per heavy atom. The third-order valence-electron chi connectivity index (χ3n) is 4.08. The van der Waals surface area contributed by atoms with Crippen LogP contribution in [0.25, 0.3) is 0 Å². The molecule has 0 atom stereocenters. The van der Waals surface area contributed by atoms with Gasteiger partial charge in [0.05, 0.1) is 0 Å². The number of hydrogen-bond donors (Lipinski definition) is 1. The molecule has 1 heterocycles. The Morgan fingerprint density at radius 1 is 1.42 bits per heavy atom. The molecular weight excluding hydrogens is 254 g/mol. The van der Waals surface area contributed by atoms with E-state index in [1.165, 1.54) is 37.9 Å². The summed E-state index contributed by atoms with van der Waals surface area (Å²) in [4.78, 5) is 6.84. The van der Waals surface area contributed by atoms with Gasteiger partial charge in [0.1, 0.15) is 0 Å². The minimum absolute atomic E-state index is 0.486. The zero-order valence-electron chi connectivity index (χ0n) is 12.0. The predicted octanol–water partition coefficient (Wildman–Crippen LogP) is 2.34. The maximum absolute atomic E-state index is 5.30. The number of aliphatic imine (C=N–C) groups is 1. The summed E-state index contributed by atoms with van der Waals surface area (Å²) in [7, 11) is 1.87. The number of guanidine groups is 1. The van der Waals surface area contributed by atoms with Crippen LogP contribution in [0.2, 0.25) is 0 Å². The molecule has 1 aliphatic heterocycles. The van der Waals surface area contributed by atoms with Gasteiger partial charge >= 0.3 is 0 Å². The Labute approximate surface area is 121 Å². The van der Waals surface area contributed by atoms with Crippen molar-refractivity contribution in [3.05, 3.63) is 0 Å². The van der Waals surface area contributed by atoms with Gasteiger partial charge in [-0.2, -0.15) is 11.8 Å². The highest BCUT2D eigenvalue weighted by molar-refractivity contribution is 8.00. The summed E-state index contributed by atoms with van der Waals surface area (Å²) in [6, 6.07) is 0. The third-order valence-corrected chi connectivity index (χ3v) is 5.61. The van der Waals surface area contributed by atoms with Crippen LogP contribution in [-0.4, -0.2) is 48.0 Å². The van der Waals surface area contributed by atoms with Gasteiger partial charge in [-0.25, -0.2) is 0 Å². The molecule has 106 valence electrons. The normalized spacial score (nSPS) is 23.2. The van der Waals surface area contributed by atoms with Crippen LogP contribution in [0, 0.1) is 12.3 Å². The molecular formula is C15H25N3S. The topological polar surface area (TPSA) is 27.6 Å². The lowest BCUT2D eigenvalue weighted by Gasteiger charge is -2.45. The fraction of sp³-hybridized carbons (Fsp3) is 0.800. The molecule has 1 spiro atoms. The van der Waals surface area contributed by atoms with Crippen LogP contribution in [-0.2, 0) is 0 Å². The molecule has 0 unspecified atom stereocenters. The summed E-state index contributed by atoms with van der Waals surface area (Å²) in [5.74, 6) is 4.91. The van der Waals surface area contributed by atoms with E-state index in [0.717, 1.165) is 32.0 Å². The van der Waals surface area contributed by atoms with E-state index in [1.54, 1.807) is 0 Å². The molecule has 1 saturated heterocycles. The van der Waals surface area contributed by atoms with Gasteiger partial charge in [-0.1, -0.05) is 19.3 Å². The van der Waals surface area contributed by atoms with Gasteiger partial charge in [-0.15, -0.1) is 12.3 Å². The lowest BCUT2D eigenvalue weighted by Crippen LogP contribution is -2.53. The highest BCUT2D eigenvalue weighted by Crippen LogP contribution is 2.42. The SMILES string of the molecule is C#CCCNC(=NC)N1CCSC2(CCCCC2)C1. The molecule has 0 aromatic rings. The molecule has 1 N–H and O–H groups in total. The summed E-state index contributed by atoms with van der Waals surface area (Å²) in [5, 5.41) is 3.39. The maximum Gasteiger partial charge on any atom is 0.193 e. The molecule has 2 aliphatic rings. The third kappa shape index (κ3) is 3.82. The molecule has 19 heavy (non-hydrogen) atoms. The second kappa shape index (κ2) is 7.09. The quantitative estimate of drug-likeness (QED) is 0.364. The Kier molecular flexibility index (Phi) is 5.45. The van der Waals surface area contributed by atoms with E-state index in [2.05, 4.69) is 32.9 Å². The molecule has 0 bridgehead atoms. The van der Waals surface area contributed by atoms with Crippen LogP contribution in [0.15, 0.2) is 4.99 Å². The average molecular weight is 279 g/mol. The van der Waals surface area contributed by atoms with Gasteiger partial charge in [-0.3, -0.25) is 4.99 Å². The first kappa shape index (κ1) is 14.6. The summed E-state index contributed by atoms with van der Waals surface area (Å²) < 4.78 is 0.486. The van der Waals surface area contributed by atoms with Crippen molar-refractivity contribution in [2.75, 3.05) is 32.4 Å². The number of rotatable bonds is 2. The van der Waals surface area contributed by atoms with E-state index in [0.29, 0.717) is 4.75 Å². The predicted molar refractivity (Wildman–Crippen MR) is 84.7 cm³/mol. The van der Waals surface area contributed by atoms with Crippen molar-refractivity contribution in [2.45, 2.75) is 43.3 Å². The number of thioether (sulfide) groups is 1. The Morgan fingerprint density at radius 2 is 2.21 bits per heavy atom. The largest absolute Gasteiger partial charge is 0.355 e. The van der Waals surface area contributed by atoms with Crippen LogP contribution in [0.3, 0.4) is 0 Å². The molecule has 0 aromatic carbocycles. The van der Waals surface area contributed by atoms with Crippen molar-refractivity contribution in [1.29, 1.82) is 0 Å². The van der Waals surface area contributed by atoms with Crippen molar-refractivity contribution in [1.82, 2.24) is 10.2 Å². The first-order chi connectivity index (χ1) is 9.29. The second-order valence-corrected chi connectivity index (χ2v) is 7.00. The number of nitrogens with zero attached hydrogens (tertiary/aromatic N) is 2. The van der Waals surface area contributed by atoms with Crippen LogP contribution in [0.1, 0.15) is 38.5 Å². The van der Waals surface area contributed by atoms with Gasteiger partial charge in [0.15, 0.2) is 5.96 Å². The molecule has 1 saturated carbocycles. The molecule has 0 aromatic heterocycles. The van der Waals surface area contributed by atoms with E-state index in [9.17, 15) is 0 Å². The molecule has 4 heteroatoms. The van der Waals surface area contributed by atoms with E-state index in [1.807, 2.05) is 7.05 Å². The van der Waals surface area contributed by atoms with Gasteiger partial charge in [0.2, 0.25) is 0 Å². The standard InChI is InChI=1S/C15H25N3S/c1-3-4-10-17-14(16-2)18-11-12-19-15(13-18)8-6-5-7-9-15/h1H,4-13H2,2H3,(H,16,17). The monoisotopic (exact) mass is 279 g/mol. The van der Waals surface area contributed by atoms with Gasteiger partial charge < -0.3 is 10.2 Å². The maximum atomic E-state index is 5.30. The first-order valence-corrected chi connectivity index (χ1v) is 8.31. The lowest BCUT2D eigenvalue weighted by molar-refractivity contribution is 0.293. The van der Waals surface area contributed by atoms with Gasteiger partial charge in [-0.05, 0) is 12.8 Å². The average Bonchev–Trinajstić information content (AvgIpc) is 2.44. The summed E-state index contributed by atoms with van der Waals surface area (Å²) in [5.41, 5.74) is 0. The minimum Gasteiger partial charge on any atom is -0.355 e. The van der Waals surface area contributed by atoms with Gasteiger partial charge in [0, 0.05) is 43.6 Å². The van der Waals surface area contributed by atoms with E-state index < -0.39 is 0 Å². The van der Waals surface area contributed by atoms with Crippen molar-refractivity contribution in [3.8, 4) is 12.3 Å². The number of hydrogen-bond acceptors (Lipinski definition) is 2. The zero-order valence-corrected chi connectivity index (χ0v) is 12.8. The number of terminal acetylenes is 1. The van der Waals surface area contributed by atoms with Gasteiger partial charge in [0.25, 0.3) is 0 Å². The molecule has 1 aliphatic carbocycles. The first-order valence-electron chi connectivity index (χ1n) is 7.33. The minimum atomic E-state index is 0.486. The van der Waals surface area contributed by atoms with Crippen molar-refractivity contribution >= 4 is 17.7 Å². The van der Waals surface area contributed by atoms with Crippen LogP contribution >= 0.6 is 11.8 Å². The highest BCUT2D eigenvalue weighted by atomic mass is 32.2. The van der Waals surface area contributed by atoms with Crippen LogP contribution < -0.4 is 5.32 Å². The van der Waals surface area contributed by atoms with Crippen LogP contribution in [0.4, 0.5) is 0 Å². The van der Waals surface area contributed by atoms with E-state index in [4.69, 9.17) is 6.42 Å². The second-order valence-electron chi connectivity index (χ2n) is 5.44. The summed E-state index contributed by atoms with van der Waals surface area (Å²) in [6.07, 6.45) is 13.0. The summed E-state index contributed by atoms with van der Waals surface area (Å²) >= 11 is 2.19. The fourth-order valence-corrected chi connectivity index (χ4v) is 4.67. The summed E-state index contributed by atoms with van der Waals surface area (Å²) in [6.45, 7) is 3.06. The Hall–Kier alpha value is -0.820. The fourth-order valence-electron chi connectivity index (χ4n) is 3.10. The van der Waals surface area contributed by atoms with E-state index in [-0.39, 0.29) is 0 Å². The van der Waals surface area contributed by atoms with E-state index >= 15 is 0 Å². The molecule has 0 radical (unpaired) electrons. The van der Waals surface area contributed by atoms with Crippen molar-refractivity contribution in [2.24, 2.45) is 4.99 Å². The zero-order chi connectivity index (χ0) is 13.6. The Balaban J connectivity index is 1.93. The molecule has 2 rings (SSSR count). The highest BCUT2D eigenvalue weighted by Gasteiger charge is 2.38. The smallest absolute Gasteiger partial charge is 0.193 e. The number of nitrogens with one attached hydrogen (secondary N) is 1.